The Hall–Kier alpha value is -3.20. The van der Waals surface area contributed by atoms with Crippen LogP contribution in [0.3, 0.4) is 0 Å². The predicted octanol–water partition coefficient (Wildman–Crippen LogP) is 4.19. The summed E-state index contributed by atoms with van der Waals surface area (Å²) in [6, 6.07) is 19.2. The Morgan fingerprint density at radius 3 is 2.26 bits per heavy atom. The molecule has 1 saturated heterocycles. The number of nitrogens with one attached hydrogen (secondary N) is 2. The summed E-state index contributed by atoms with van der Waals surface area (Å²) in [5, 5.41) is 2.82. The Bertz CT molecular complexity index is 1250. The van der Waals surface area contributed by atoms with Gasteiger partial charge in [-0.15, -0.1) is 0 Å². The van der Waals surface area contributed by atoms with Crippen LogP contribution in [0.15, 0.2) is 71.6 Å². The summed E-state index contributed by atoms with van der Waals surface area (Å²) >= 11 is 0. The first-order valence-corrected chi connectivity index (χ1v) is 12.7. The number of rotatable bonds is 7. The smallest absolute Gasteiger partial charge is 0.261 e. The molecule has 7 nitrogen and oxygen atoms in total. The average Bonchev–Trinajstić information content (AvgIpc) is 2.82. The number of anilines is 2. The minimum absolute atomic E-state index is 0.123. The fourth-order valence-corrected chi connectivity index (χ4v) is 4.96. The van der Waals surface area contributed by atoms with Crippen molar-refractivity contribution in [1.29, 1.82) is 0 Å². The lowest BCUT2D eigenvalue weighted by Crippen LogP contribution is -2.35. The maximum atomic E-state index is 12.8. The largest absolute Gasteiger partial charge is 0.379 e. The van der Waals surface area contributed by atoms with Crippen LogP contribution in [0.4, 0.5) is 11.4 Å². The van der Waals surface area contributed by atoms with Gasteiger partial charge in [0.15, 0.2) is 0 Å². The first kappa shape index (κ1) is 23.9. The second-order valence-corrected chi connectivity index (χ2v) is 10.2. The number of carbonyl (C=O) groups excluding carboxylic acids is 1. The first-order chi connectivity index (χ1) is 16.3. The van der Waals surface area contributed by atoms with Crippen LogP contribution >= 0.6 is 0 Å². The zero-order valence-corrected chi connectivity index (χ0v) is 20.2. The van der Waals surface area contributed by atoms with Crippen molar-refractivity contribution in [1.82, 2.24) is 4.90 Å². The standard InChI is InChI=1S/C26H29N3O4S/c1-19-3-12-25(20(2)17-19)28-34(31,32)24-10-8-23(9-11-24)27-26(30)22-6-4-21(5-7-22)18-29-13-15-33-16-14-29/h3-12,17,28H,13-16,18H2,1-2H3,(H,27,30). The van der Waals surface area contributed by atoms with Gasteiger partial charge in [0.2, 0.25) is 0 Å². The third-order valence-electron chi connectivity index (χ3n) is 5.77. The number of amides is 1. The summed E-state index contributed by atoms with van der Waals surface area (Å²) in [6.45, 7) is 7.97. The quantitative estimate of drug-likeness (QED) is 0.531. The van der Waals surface area contributed by atoms with Crippen LogP contribution in [-0.4, -0.2) is 45.5 Å². The summed E-state index contributed by atoms with van der Waals surface area (Å²) in [4.78, 5) is 15.1. The number of carbonyl (C=O) groups is 1. The molecule has 1 amide bonds. The Labute approximate surface area is 200 Å². The molecule has 0 saturated carbocycles. The SMILES string of the molecule is Cc1ccc(NS(=O)(=O)c2ccc(NC(=O)c3ccc(CN4CCOCC4)cc3)cc2)c(C)c1. The van der Waals surface area contributed by atoms with Crippen molar-refractivity contribution in [3.63, 3.8) is 0 Å². The van der Waals surface area contributed by atoms with Crippen LogP contribution in [0.5, 0.6) is 0 Å². The summed E-state index contributed by atoms with van der Waals surface area (Å²) < 4.78 is 33.5. The van der Waals surface area contributed by atoms with E-state index in [9.17, 15) is 13.2 Å². The van der Waals surface area contributed by atoms with Crippen molar-refractivity contribution in [2.24, 2.45) is 0 Å². The zero-order valence-electron chi connectivity index (χ0n) is 19.4. The van der Waals surface area contributed by atoms with Gasteiger partial charge in [0, 0.05) is 30.9 Å². The van der Waals surface area contributed by atoms with Crippen LogP contribution in [-0.2, 0) is 21.3 Å². The number of aryl methyl sites for hydroxylation is 2. The summed E-state index contributed by atoms with van der Waals surface area (Å²) in [5.74, 6) is -0.248. The second kappa shape index (κ2) is 10.4. The van der Waals surface area contributed by atoms with Crippen LogP contribution < -0.4 is 10.0 Å². The first-order valence-electron chi connectivity index (χ1n) is 11.2. The molecule has 0 atom stereocenters. The molecule has 0 aliphatic carbocycles. The maximum Gasteiger partial charge on any atom is 0.261 e. The lowest BCUT2D eigenvalue weighted by Gasteiger charge is -2.26. The van der Waals surface area contributed by atoms with Crippen LogP contribution in [0.1, 0.15) is 27.0 Å². The number of morpholine rings is 1. The third kappa shape index (κ3) is 6.02. The van der Waals surface area contributed by atoms with Gasteiger partial charge in [-0.1, -0.05) is 29.8 Å². The number of sulfonamides is 1. The molecular formula is C26H29N3O4S. The Morgan fingerprint density at radius 1 is 0.941 bits per heavy atom. The van der Waals surface area contributed by atoms with E-state index in [4.69, 9.17) is 4.74 Å². The van der Waals surface area contributed by atoms with E-state index < -0.39 is 10.0 Å². The number of hydrogen-bond donors (Lipinski definition) is 2. The van der Waals surface area contributed by atoms with E-state index in [1.165, 1.54) is 12.1 Å². The van der Waals surface area contributed by atoms with Crippen molar-refractivity contribution >= 4 is 27.3 Å². The molecule has 1 heterocycles. The van der Waals surface area contributed by atoms with Crippen molar-refractivity contribution in [3.05, 3.63) is 89.0 Å². The highest BCUT2D eigenvalue weighted by Crippen LogP contribution is 2.22. The van der Waals surface area contributed by atoms with Gasteiger partial charge in [0.25, 0.3) is 15.9 Å². The summed E-state index contributed by atoms with van der Waals surface area (Å²) in [7, 11) is -3.74. The van der Waals surface area contributed by atoms with Crippen molar-refractivity contribution in [2.75, 3.05) is 36.3 Å². The average molecular weight is 480 g/mol. The van der Waals surface area contributed by atoms with E-state index in [1.807, 2.05) is 38.1 Å². The molecule has 8 heteroatoms. The molecule has 1 fully saturated rings. The molecule has 0 radical (unpaired) electrons. The molecule has 3 aromatic carbocycles. The van der Waals surface area contributed by atoms with Crippen LogP contribution in [0.25, 0.3) is 0 Å². The number of ether oxygens (including phenoxy) is 1. The van der Waals surface area contributed by atoms with E-state index in [2.05, 4.69) is 14.9 Å². The van der Waals surface area contributed by atoms with Crippen LogP contribution in [0.2, 0.25) is 0 Å². The fraction of sp³-hybridized carbons (Fsp3) is 0.269. The zero-order chi connectivity index (χ0) is 24.1. The van der Waals surface area contributed by atoms with Gasteiger partial charge in [0.1, 0.15) is 0 Å². The predicted molar refractivity (Wildman–Crippen MR) is 134 cm³/mol. The molecule has 1 aliphatic rings. The lowest BCUT2D eigenvalue weighted by molar-refractivity contribution is 0.0342. The maximum absolute atomic E-state index is 12.8. The monoisotopic (exact) mass is 479 g/mol. The number of hydrogen-bond acceptors (Lipinski definition) is 5. The minimum atomic E-state index is -3.74. The highest BCUT2D eigenvalue weighted by atomic mass is 32.2. The summed E-state index contributed by atoms with van der Waals surface area (Å²) in [5.41, 5.74) is 4.66. The molecular weight excluding hydrogens is 450 g/mol. The van der Waals surface area contributed by atoms with E-state index in [0.717, 1.165) is 49.5 Å². The van der Waals surface area contributed by atoms with E-state index in [1.54, 1.807) is 30.3 Å². The molecule has 0 unspecified atom stereocenters. The number of benzene rings is 3. The fourth-order valence-electron chi connectivity index (χ4n) is 3.83. The van der Waals surface area contributed by atoms with Crippen LogP contribution in [0, 0.1) is 13.8 Å². The highest BCUT2D eigenvalue weighted by molar-refractivity contribution is 7.92. The Kier molecular flexibility index (Phi) is 7.31. The van der Waals surface area contributed by atoms with E-state index in [0.29, 0.717) is 16.9 Å². The topological polar surface area (TPSA) is 87.7 Å². The normalized spacial score (nSPS) is 14.5. The van der Waals surface area contributed by atoms with Gasteiger partial charge in [-0.2, -0.15) is 0 Å². The molecule has 2 N–H and O–H groups in total. The van der Waals surface area contributed by atoms with Gasteiger partial charge in [-0.3, -0.25) is 14.4 Å². The van der Waals surface area contributed by atoms with Crippen molar-refractivity contribution in [3.8, 4) is 0 Å². The second-order valence-electron chi connectivity index (χ2n) is 8.49. The van der Waals surface area contributed by atoms with E-state index >= 15 is 0 Å². The van der Waals surface area contributed by atoms with Gasteiger partial charge in [-0.25, -0.2) is 8.42 Å². The van der Waals surface area contributed by atoms with Gasteiger partial charge >= 0.3 is 0 Å². The van der Waals surface area contributed by atoms with Gasteiger partial charge in [0.05, 0.1) is 23.8 Å². The lowest BCUT2D eigenvalue weighted by atomic mass is 10.1. The molecule has 1 aliphatic heterocycles. The highest BCUT2D eigenvalue weighted by Gasteiger charge is 2.16. The van der Waals surface area contributed by atoms with Gasteiger partial charge < -0.3 is 10.1 Å². The van der Waals surface area contributed by atoms with Crippen molar-refractivity contribution < 1.29 is 17.9 Å². The Balaban J connectivity index is 1.37. The van der Waals surface area contributed by atoms with Gasteiger partial charge in [-0.05, 0) is 67.4 Å². The molecule has 3 aromatic rings. The molecule has 0 bridgehead atoms. The molecule has 4 rings (SSSR count). The Morgan fingerprint density at radius 2 is 1.62 bits per heavy atom. The molecule has 0 spiro atoms. The van der Waals surface area contributed by atoms with E-state index in [-0.39, 0.29) is 10.8 Å². The molecule has 0 aromatic heterocycles. The van der Waals surface area contributed by atoms with Crippen molar-refractivity contribution in [2.45, 2.75) is 25.3 Å². The molecule has 34 heavy (non-hydrogen) atoms. The third-order valence-corrected chi connectivity index (χ3v) is 7.16. The summed E-state index contributed by atoms with van der Waals surface area (Å²) in [6.07, 6.45) is 0. The molecule has 178 valence electrons. The minimum Gasteiger partial charge on any atom is -0.379 e. The number of nitrogens with zero attached hydrogens (tertiary/aromatic N) is 1.